The van der Waals surface area contributed by atoms with E-state index in [2.05, 4.69) is 5.32 Å². The molecule has 0 heterocycles. The molecule has 1 aromatic rings. The molecule has 0 amide bonds. The first-order valence-electron chi connectivity index (χ1n) is 5.41. The molecule has 0 aliphatic rings. The second-order valence-corrected chi connectivity index (χ2v) is 4.99. The number of carbonyl (C=O) groups excluding carboxylic acids is 1. The summed E-state index contributed by atoms with van der Waals surface area (Å²) in [5, 5.41) is 12.4. The Morgan fingerprint density at radius 3 is 2.62 bits per heavy atom. The topological polar surface area (TPSA) is 49.3 Å². The van der Waals surface area contributed by atoms with Crippen molar-refractivity contribution in [3.05, 3.63) is 29.8 Å². The number of phenolic OH excluding ortho intramolecular Hbond substituents is 1. The SMILES string of the molecule is CC(C)(C)NCC(=O)Cc1cccc(O)c1. The highest BCUT2D eigenvalue weighted by atomic mass is 16.3. The summed E-state index contributed by atoms with van der Waals surface area (Å²) in [5.41, 5.74) is 0.801. The van der Waals surface area contributed by atoms with Gasteiger partial charge in [-0.1, -0.05) is 12.1 Å². The van der Waals surface area contributed by atoms with Crippen LogP contribution in [-0.2, 0) is 11.2 Å². The van der Waals surface area contributed by atoms with Crippen LogP contribution in [0.3, 0.4) is 0 Å². The zero-order chi connectivity index (χ0) is 12.2. The lowest BCUT2D eigenvalue weighted by Crippen LogP contribution is -2.39. The van der Waals surface area contributed by atoms with Crippen LogP contribution in [0.15, 0.2) is 24.3 Å². The Labute approximate surface area is 96.5 Å². The van der Waals surface area contributed by atoms with Gasteiger partial charge in [0.15, 0.2) is 5.78 Å². The van der Waals surface area contributed by atoms with Crippen LogP contribution in [0, 0.1) is 0 Å². The number of hydrogen-bond donors (Lipinski definition) is 2. The van der Waals surface area contributed by atoms with Gasteiger partial charge in [0, 0.05) is 12.0 Å². The van der Waals surface area contributed by atoms with Gasteiger partial charge in [-0.25, -0.2) is 0 Å². The molecule has 16 heavy (non-hydrogen) atoms. The van der Waals surface area contributed by atoms with Crippen LogP contribution < -0.4 is 5.32 Å². The minimum atomic E-state index is -0.0471. The summed E-state index contributed by atoms with van der Waals surface area (Å²) in [5.74, 6) is 0.328. The molecule has 88 valence electrons. The molecule has 0 saturated carbocycles. The van der Waals surface area contributed by atoms with Gasteiger partial charge in [0.05, 0.1) is 6.54 Å². The summed E-state index contributed by atoms with van der Waals surface area (Å²) in [7, 11) is 0. The molecule has 1 rings (SSSR count). The number of ketones is 1. The molecule has 0 atom stereocenters. The third-order valence-corrected chi connectivity index (χ3v) is 2.13. The van der Waals surface area contributed by atoms with Crippen molar-refractivity contribution in [2.45, 2.75) is 32.7 Å². The summed E-state index contributed by atoms with van der Waals surface area (Å²) in [6.07, 6.45) is 0.359. The molecule has 0 spiro atoms. The molecular weight excluding hydrogens is 202 g/mol. The average molecular weight is 221 g/mol. The lowest BCUT2D eigenvalue weighted by Gasteiger charge is -2.19. The maximum absolute atomic E-state index is 11.6. The Kier molecular flexibility index (Phi) is 4.07. The Balaban J connectivity index is 2.46. The molecule has 3 nitrogen and oxygen atoms in total. The van der Waals surface area contributed by atoms with Crippen LogP contribution in [0.1, 0.15) is 26.3 Å². The molecule has 0 saturated heterocycles. The molecule has 0 fully saturated rings. The standard InChI is InChI=1S/C13H19NO2/c1-13(2,3)14-9-12(16)8-10-5-4-6-11(15)7-10/h4-7,14-15H,8-9H2,1-3H3. The fourth-order valence-electron chi connectivity index (χ4n) is 1.32. The van der Waals surface area contributed by atoms with Crippen LogP contribution in [0.25, 0.3) is 0 Å². The normalized spacial score (nSPS) is 11.4. The molecule has 2 N–H and O–H groups in total. The molecule has 0 aliphatic heterocycles. The summed E-state index contributed by atoms with van der Waals surface area (Å²) in [4.78, 5) is 11.6. The Morgan fingerprint density at radius 1 is 1.38 bits per heavy atom. The second-order valence-electron chi connectivity index (χ2n) is 4.99. The van der Waals surface area contributed by atoms with Crippen molar-refractivity contribution in [3.63, 3.8) is 0 Å². The van der Waals surface area contributed by atoms with E-state index in [9.17, 15) is 9.90 Å². The van der Waals surface area contributed by atoms with Gasteiger partial charge in [0.2, 0.25) is 0 Å². The number of carbonyl (C=O) groups is 1. The fourth-order valence-corrected chi connectivity index (χ4v) is 1.32. The first kappa shape index (κ1) is 12.7. The molecule has 0 aromatic heterocycles. The molecular formula is C13H19NO2. The zero-order valence-corrected chi connectivity index (χ0v) is 10.1. The van der Waals surface area contributed by atoms with Crippen molar-refractivity contribution in [2.75, 3.05) is 6.54 Å². The van der Waals surface area contributed by atoms with Gasteiger partial charge < -0.3 is 10.4 Å². The monoisotopic (exact) mass is 221 g/mol. The molecule has 0 unspecified atom stereocenters. The van der Waals surface area contributed by atoms with E-state index in [0.717, 1.165) is 5.56 Å². The largest absolute Gasteiger partial charge is 0.508 e. The lowest BCUT2D eigenvalue weighted by atomic mass is 10.1. The first-order chi connectivity index (χ1) is 7.37. The minimum Gasteiger partial charge on any atom is -0.508 e. The van der Waals surface area contributed by atoms with Crippen LogP contribution in [0.4, 0.5) is 0 Å². The van der Waals surface area contributed by atoms with Gasteiger partial charge in [0.1, 0.15) is 5.75 Å². The van der Waals surface area contributed by atoms with Crippen molar-refractivity contribution in [1.82, 2.24) is 5.32 Å². The molecule has 0 bridgehead atoms. The highest BCUT2D eigenvalue weighted by Gasteiger charge is 2.11. The van der Waals surface area contributed by atoms with E-state index in [1.165, 1.54) is 0 Å². The molecule has 0 radical (unpaired) electrons. The number of nitrogens with one attached hydrogen (secondary N) is 1. The van der Waals surface area contributed by atoms with Gasteiger partial charge in [-0.05, 0) is 38.5 Å². The second kappa shape index (κ2) is 5.12. The number of Topliss-reactive ketones (excluding diaryl/α,β-unsaturated/α-hetero) is 1. The van der Waals surface area contributed by atoms with E-state index in [1.54, 1.807) is 18.2 Å². The van der Waals surface area contributed by atoms with Crippen LogP contribution in [-0.4, -0.2) is 23.0 Å². The maximum atomic E-state index is 11.6. The molecule has 1 aromatic carbocycles. The van der Waals surface area contributed by atoms with Crippen molar-refractivity contribution >= 4 is 5.78 Å². The van der Waals surface area contributed by atoms with E-state index in [1.807, 2.05) is 26.8 Å². The van der Waals surface area contributed by atoms with Crippen LogP contribution in [0.5, 0.6) is 5.75 Å². The molecule has 0 aliphatic carbocycles. The number of benzene rings is 1. The van der Waals surface area contributed by atoms with Gasteiger partial charge >= 0.3 is 0 Å². The van der Waals surface area contributed by atoms with E-state index < -0.39 is 0 Å². The molecule has 3 heteroatoms. The average Bonchev–Trinajstić information content (AvgIpc) is 2.14. The summed E-state index contributed by atoms with van der Waals surface area (Å²) >= 11 is 0. The van der Waals surface area contributed by atoms with Crippen LogP contribution >= 0.6 is 0 Å². The highest BCUT2D eigenvalue weighted by Crippen LogP contribution is 2.11. The van der Waals surface area contributed by atoms with Gasteiger partial charge in [-0.15, -0.1) is 0 Å². The summed E-state index contributed by atoms with van der Waals surface area (Å²) < 4.78 is 0. The van der Waals surface area contributed by atoms with E-state index in [-0.39, 0.29) is 17.1 Å². The van der Waals surface area contributed by atoms with Crippen molar-refractivity contribution in [1.29, 1.82) is 0 Å². The highest BCUT2D eigenvalue weighted by molar-refractivity contribution is 5.82. The number of rotatable bonds is 4. The van der Waals surface area contributed by atoms with Crippen molar-refractivity contribution in [3.8, 4) is 5.75 Å². The predicted octanol–water partition coefficient (Wildman–Crippen LogP) is 1.89. The summed E-state index contributed by atoms with van der Waals surface area (Å²) in [6.45, 7) is 6.43. The van der Waals surface area contributed by atoms with Gasteiger partial charge in [-0.2, -0.15) is 0 Å². The van der Waals surface area contributed by atoms with E-state index >= 15 is 0 Å². The first-order valence-corrected chi connectivity index (χ1v) is 5.41. The fraction of sp³-hybridized carbons (Fsp3) is 0.462. The third-order valence-electron chi connectivity index (χ3n) is 2.13. The van der Waals surface area contributed by atoms with Crippen molar-refractivity contribution < 1.29 is 9.90 Å². The third kappa shape index (κ3) is 4.94. The Morgan fingerprint density at radius 2 is 2.06 bits per heavy atom. The zero-order valence-electron chi connectivity index (χ0n) is 10.1. The smallest absolute Gasteiger partial charge is 0.150 e. The van der Waals surface area contributed by atoms with Crippen molar-refractivity contribution in [2.24, 2.45) is 0 Å². The Bertz CT molecular complexity index is 366. The van der Waals surface area contributed by atoms with Crippen LogP contribution in [0.2, 0.25) is 0 Å². The number of hydrogen-bond acceptors (Lipinski definition) is 3. The number of phenols is 1. The van der Waals surface area contributed by atoms with E-state index in [0.29, 0.717) is 13.0 Å². The lowest BCUT2D eigenvalue weighted by molar-refractivity contribution is -0.117. The van der Waals surface area contributed by atoms with Gasteiger partial charge in [-0.3, -0.25) is 4.79 Å². The predicted molar refractivity (Wildman–Crippen MR) is 64.6 cm³/mol. The van der Waals surface area contributed by atoms with E-state index in [4.69, 9.17) is 0 Å². The quantitative estimate of drug-likeness (QED) is 0.816. The summed E-state index contributed by atoms with van der Waals surface area (Å²) in [6, 6.07) is 6.81. The Hall–Kier alpha value is -1.35. The maximum Gasteiger partial charge on any atom is 0.150 e. The van der Waals surface area contributed by atoms with Gasteiger partial charge in [0.25, 0.3) is 0 Å². The number of aromatic hydroxyl groups is 1. The minimum absolute atomic E-state index is 0.0471.